The van der Waals surface area contributed by atoms with Crippen molar-refractivity contribution in [3.05, 3.63) is 0 Å². The van der Waals surface area contributed by atoms with Gasteiger partial charge in [0.05, 0.1) is 6.04 Å². The molecule has 80 valence electrons. The zero-order valence-electron chi connectivity index (χ0n) is 7.69. The van der Waals surface area contributed by atoms with Gasteiger partial charge >= 0.3 is 5.97 Å². The number of carbonyl (C=O) groups is 2. The van der Waals surface area contributed by atoms with Gasteiger partial charge in [-0.05, 0) is 19.4 Å². The van der Waals surface area contributed by atoms with Crippen molar-refractivity contribution < 1.29 is 14.7 Å². The van der Waals surface area contributed by atoms with Crippen LogP contribution in [0.2, 0.25) is 0 Å². The van der Waals surface area contributed by atoms with Gasteiger partial charge in [0.15, 0.2) is 0 Å². The molecule has 0 bridgehead atoms. The number of hydrogen-bond donors (Lipinski definition) is 4. The van der Waals surface area contributed by atoms with Gasteiger partial charge in [-0.25, -0.2) is 4.79 Å². The molecule has 1 amide bonds. The Balaban J connectivity index is 2.41. The first kappa shape index (κ1) is 11.3. The first-order chi connectivity index (χ1) is 6.65. The smallest absolute Gasteiger partial charge is 0.327 e. The molecule has 2 atom stereocenters. The molecule has 0 saturated carbocycles. The van der Waals surface area contributed by atoms with Crippen LogP contribution in [-0.4, -0.2) is 41.4 Å². The van der Waals surface area contributed by atoms with Gasteiger partial charge in [0.25, 0.3) is 0 Å². The molecule has 1 aliphatic heterocycles. The van der Waals surface area contributed by atoms with Crippen LogP contribution in [0.25, 0.3) is 0 Å². The van der Waals surface area contributed by atoms with Gasteiger partial charge in [-0.3, -0.25) is 4.79 Å². The molecule has 1 aliphatic rings. The number of carbonyl (C=O) groups excluding carboxylic acids is 1. The zero-order chi connectivity index (χ0) is 10.6. The number of amides is 1. The Morgan fingerprint density at radius 1 is 1.64 bits per heavy atom. The molecule has 3 N–H and O–H groups in total. The lowest BCUT2D eigenvalue weighted by Crippen LogP contribution is -2.49. The molecule has 5 nitrogen and oxygen atoms in total. The van der Waals surface area contributed by atoms with Gasteiger partial charge in [0.2, 0.25) is 5.91 Å². The average Bonchev–Trinajstić information content (AvgIpc) is 2.65. The highest BCUT2D eigenvalue weighted by Crippen LogP contribution is 2.05. The highest BCUT2D eigenvalue weighted by atomic mass is 32.1. The topological polar surface area (TPSA) is 78.4 Å². The second kappa shape index (κ2) is 5.21. The van der Waals surface area contributed by atoms with E-state index >= 15 is 0 Å². The van der Waals surface area contributed by atoms with Crippen LogP contribution in [0.3, 0.4) is 0 Å². The summed E-state index contributed by atoms with van der Waals surface area (Å²) < 4.78 is 0. The summed E-state index contributed by atoms with van der Waals surface area (Å²) in [5.41, 5.74) is 0. The molecule has 1 fully saturated rings. The maximum absolute atomic E-state index is 11.4. The second-order valence-electron chi connectivity index (χ2n) is 3.23. The summed E-state index contributed by atoms with van der Waals surface area (Å²) >= 11 is 3.86. The summed E-state index contributed by atoms with van der Waals surface area (Å²) in [6, 6.07) is -1.13. The fourth-order valence-corrected chi connectivity index (χ4v) is 1.61. The zero-order valence-corrected chi connectivity index (χ0v) is 8.59. The van der Waals surface area contributed by atoms with Crippen molar-refractivity contribution in [1.82, 2.24) is 10.6 Å². The van der Waals surface area contributed by atoms with E-state index in [1.54, 1.807) is 0 Å². The van der Waals surface area contributed by atoms with E-state index in [1.165, 1.54) is 0 Å². The lowest BCUT2D eigenvalue weighted by Gasteiger charge is -2.15. The summed E-state index contributed by atoms with van der Waals surface area (Å²) in [5, 5.41) is 14.1. The highest BCUT2D eigenvalue weighted by Gasteiger charge is 2.26. The Morgan fingerprint density at radius 3 is 2.79 bits per heavy atom. The fourth-order valence-electron chi connectivity index (χ4n) is 1.37. The van der Waals surface area contributed by atoms with Crippen molar-refractivity contribution in [2.75, 3.05) is 12.3 Å². The van der Waals surface area contributed by atoms with E-state index in [0.29, 0.717) is 0 Å². The number of rotatable bonds is 4. The van der Waals surface area contributed by atoms with Crippen LogP contribution >= 0.6 is 12.6 Å². The van der Waals surface area contributed by atoms with Crippen molar-refractivity contribution in [3.63, 3.8) is 0 Å². The average molecular weight is 218 g/mol. The maximum Gasteiger partial charge on any atom is 0.327 e. The minimum atomic E-state index is -1.05. The van der Waals surface area contributed by atoms with Crippen molar-refractivity contribution in [1.29, 1.82) is 0 Å². The number of carboxylic acids is 1. The van der Waals surface area contributed by atoms with Crippen molar-refractivity contribution >= 4 is 24.5 Å². The normalized spacial score (nSPS) is 23.1. The quantitative estimate of drug-likeness (QED) is 0.468. The summed E-state index contributed by atoms with van der Waals surface area (Å²) in [6.45, 7) is 0.816. The van der Waals surface area contributed by atoms with Crippen molar-refractivity contribution in [3.8, 4) is 0 Å². The Hall–Kier alpha value is -0.750. The van der Waals surface area contributed by atoms with Gasteiger partial charge in [0, 0.05) is 5.75 Å². The number of aliphatic carboxylic acids is 1. The van der Waals surface area contributed by atoms with E-state index in [2.05, 4.69) is 23.3 Å². The van der Waals surface area contributed by atoms with Crippen LogP contribution in [0.15, 0.2) is 0 Å². The summed E-state index contributed by atoms with van der Waals surface area (Å²) in [7, 11) is 0. The lowest BCUT2D eigenvalue weighted by molar-refractivity contribution is -0.141. The first-order valence-electron chi connectivity index (χ1n) is 4.52. The molecule has 0 unspecified atom stereocenters. The Kier molecular flexibility index (Phi) is 4.21. The maximum atomic E-state index is 11.4. The molecule has 0 radical (unpaired) electrons. The molecule has 0 aromatic rings. The molecule has 0 aromatic heterocycles. The third-order valence-electron chi connectivity index (χ3n) is 2.17. The lowest BCUT2D eigenvalue weighted by atomic mass is 10.2. The van der Waals surface area contributed by atoms with Crippen molar-refractivity contribution in [2.24, 2.45) is 0 Å². The minimum absolute atomic E-state index is 0.105. The van der Waals surface area contributed by atoms with Gasteiger partial charge in [0.1, 0.15) is 6.04 Å². The van der Waals surface area contributed by atoms with E-state index in [9.17, 15) is 9.59 Å². The monoisotopic (exact) mass is 218 g/mol. The van der Waals surface area contributed by atoms with Gasteiger partial charge in [-0.15, -0.1) is 0 Å². The third kappa shape index (κ3) is 2.88. The molecule has 0 aliphatic carbocycles. The minimum Gasteiger partial charge on any atom is -0.480 e. The van der Waals surface area contributed by atoms with Crippen LogP contribution in [0.5, 0.6) is 0 Å². The van der Waals surface area contributed by atoms with Crippen LogP contribution in [0.1, 0.15) is 12.8 Å². The SMILES string of the molecule is O=C(O)[C@H](CS)NC(=O)[C@@H]1CCCN1. The number of carboxylic acid groups (broad SMARTS) is 1. The predicted octanol–water partition coefficient (Wildman–Crippen LogP) is -0.762. The van der Waals surface area contributed by atoms with Gasteiger partial charge in [-0.1, -0.05) is 0 Å². The van der Waals surface area contributed by atoms with E-state index in [-0.39, 0.29) is 17.7 Å². The third-order valence-corrected chi connectivity index (χ3v) is 2.54. The van der Waals surface area contributed by atoms with Crippen LogP contribution < -0.4 is 10.6 Å². The van der Waals surface area contributed by atoms with Gasteiger partial charge in [-0.2, -0.15) is 12.6 Å². The molecule has 1 heterocycles. The fraction of sp³-hybridized carbons (Fsp3) is 0.750. The summed E-state index contributed by atoms with van der Waals surface area (Å²) in [4.78, 5) is 22.0. The van der Waals surface area contributed by atoms with Gasteiger partial charge < -0.3 is 15.7 Å². The van der Waals surface area contributed by atoms with E-state index in [0.717, 1.165) is 19.4 Å². The molecule has 6 heteroatoms. The van der Waals surface area contributed by atoms with Crippen LogP contribution in [0.4, 0.5) is 0 Å². The predicted molar refractivity (Wildman–Crippen MR) is 54.4 cm³/mol. The molecule has 14 heavy (non-hydrogen) atoms. The van der Waals surface area contributed by atoms with Crippen molar-refractivity contribution in [2.45, 2.75) is 24.9 Å². The Morgan fingerprint density at radius 2 is 2.36 bits per heavy atom. The summed E-state index contributed by atoms with van der Waals surface area (Å²) in [6.07, 6.45) is 1.72. The molecule has 1 rings (SSSR count). The Labute approximate surface area is 87.7 Å². The number of hydrogen-bond acceptors (Lipinski definition) is 4. The molecular weight excluding hydrogens is 204 g/mol. The van der Waals surface area contributed by atoms with Crippen LogP contribution in [-0.2, 0) is 9.59 Å². The van der Waals surface area contributed by atoms with E-state index in [1.807, 2.05) is 0 Å². The second-order valence-corrected chi connectivity index (χ2v) is 3.60. The van der Waals surface area contributed by atoms with Crippen LogP contribution in [0, 0.1) is 0 Å². The van der Waals surface area contributed by atoms with E-state index in [4.69, 9.17) is 5.11 Å². The van der Waals surface area contributed by atoms with E-state index < -0.39 is 12.0 Å². The highest BCUT2D eigenvalue weighted by molar-refractivity contribution is 7.80. The number of thiol groups is 1. The number of nitrogens with one attached hydrogen (secondary N) is 2. The molecule has 0 spiro atoms. The first-order valence-corrected chi connectivity index (χ1v) is 5.16. The molecule has 1 saturated heterocycles. The summed E-state index contributed by atoms with van der Waals surface area (Å²) in [5.74, 6) is -1.19. The molecule has 0 aromatic carbocycles. The standard InChI is InChI=1S/C8H14N2O3S/c11-7(5-2-1-3-9-5)10-6(4-14)8(12)13/h5-6,9,14H,1-4H2,(H,10,11)(H,12,13)/t5-,6-/m0/s1. The Bertz CT molecular complexity index is 229. The largest absolute Gasteiger partial charge is 0.480 e. The molecular formula is C8H14N2O3S.